The number of amides is 2. The van der Waals surface area contributed by atoms with Crippen LogP contribution < -0.4 is 5.32 Å². The van der Waals surface area contributed by atoms with Gasteiger partial charge in [0.15, 0.2) is 0 Å². The summed E-state index contributed by atoms with van der Waals surface area (Å²) in [6.45, 7) is 4.53. The fourth-order valence-electron chi connectivity index (χ4n) is 4.44. The molecule has 160 valence electrons. The number of fused-ring (bicyclic) bond motifs is 3. The lowest BCUT2D eigenvalue weighted by Gasteiger charge is -2.31. The molecular formula is C27H24ClN3O. The van der Waals surface area contributed by atoms with Gasteiger partial charge in [0.1, 0.15) is 0 Å². The van der Waals surface area contributed by atoms with Crippen LogP contribution >= 0.6 is 11.6 Å². The Morgan fingerprint density at radius 2 is 1.75 bits per heavy atom. The van der Waals surface area contributed by atoms with E-state index in [-0.39, 0.29) is 12.1 Å². The minimum Gasteiger partial charge on any atom is -0.318 e. The van der Waals surface area contributed by atoms with Gasteiger partial charge in [-0.1, -0.05) is 65.7 Å². The van der Waals surface area contributed by atoms with E-state index in [1.165, 1.54) is 0 Å². The SMILES string of the molecule is Cc1cccc(C2c3cccn3-c3ccccc3CN2C(=O)Nc2ccc(C)cc2Cl)c1. The van der Waals surface area contributed by atoms with E-state index in [4.69, 9.17) is 11.6 Å². The van der Waals surface area contributed by atoms with E-state index in [1.807, 2.05) is 54.3 Å². The number of anilines is 1. The molecular weight excluding hydrogens is 418 g/mol. The molecule has 1 atom stereocenters. The third-order valence-electron chi connectivity index (χ3n) is 5.95. The van der Waals surface area contributed by atoms with E-state index in [9.17, 15) is 4.79 Å². The van der Waals surface area contributed by atoms with Crippen molar-refractivity contribution >= 4 is 23.3 Å². The first kappa shape index (κ1) is 20.4. The van der Waals surface area contributed by atoms with Crippen molar-refractivity contribution in [3.8, 4) is 5.69 Å². The number of nitrogens with zero attached hydrogens (tertiary/aromatic N) is 2. The van der Waals surface area contributed by atoms with Gasteiger partial charge in [-0.15, -0.1) is 0 Å². The van der Waals surface area contributed by atoms with Crippen molar-refractivity contribution in [3.05, 3.63) is 118 Å². The van der Waals surface area contributed by atoms with E-state index in [2.05, 4.69) is 59.4 Å². The number of rotatable bonds is 2. The Balaban J connectivity index is 1.64. The predicted octanol–water partition coefficient (Wildman–Crippen LogP) is 6.88. The lowest BCUT2D eigenvalue weighted by atomic mass is 10.00. The van der Waals surface area contributed by atoms with Gasteiger partial charge in [0.05, 0.1) is 29.0 Å². The first-order valence-electron chi connectivity index (χ1n) is 10.7. The standard InChI is InChI=1S/C27H24ClN3O/c1-18-7-5-9-20(15-18)26-25-11-6-14-30(25)24-10-4-3-8-21(24)17-31(26)27(32)29-23-13-12-19(2)16-22(23)28/h3-16,26H,17H2,1-2H3,(H,29,32). The Morgan fingerprint density at radius 3 is 2.56 bits per heavy atom. The number of hydrogen-bond acceptors (Lipinski definition) is 1. The number of halogens is 1. The Hall–Kier alpha value is -3.50. The van der Waals surface area contributed by atoms with Gasteiger partial charge < -0.3 is 14.8 Å². The summed E-state index contributed by atoms with van der Waals surface area (Å²) in [5.74, 6) is 0. The number of benzene rings is 3. The minimum atomic E-state index is -0.249. The summed E-state index contributed by atoms with van der Waals surface area (Å²) in [5.41, 5.74) is 7.11. The third-order valence-corrected chi connectivity index (χ3v) is 6.26. The summed E-state index contributed by atoms with van der Waals surface area (Å²) in [5, 5.41) is 3.58. The van der Waals surface area contributed by atoms with Crippen molar-refractivity contribution in [2.45, 2.75) is 26.4 Å². The van der Waals surface area contributed by atoms with Crippen molar-refractivity contribution in [1.29, 1.82) is 0 Å². The molecule has 0 bridgehead atoms. The highest BCUT2D eigenvalue weighted by atomic mass is 35.5. The van der Waals surface area contributed by atoms with Crippen LogP contribution in [0, 0.1) is 13.8 Å². The molecule has 0 spiro atoms. The quantitative estimate of drug-likeness (QED) is 0.361. The summed E-state index contributed by atoms with van der Waals surface area (Å²) >= 11 is 6.43. The molecule has 0 saturated carbocycles. The normalized spacial score (nSPS) is 15.0. The average Bonchev–Trinajstić information content (AvgIpc) is 3.20. The first-order valence-corrected chi connectivity index (χ1v) is 11.0. The molecule has 1 unspecified atom stereocenters. The van der Waals surface area contributed by atoms with Crippen molar-refractivity contribution in [1.82, 2.24) is 9.47 Å². The van der Waals surface area contributed by atoms with Crippen LogP contribution in [0.2, 0.25) is 5.02 Å². The number of carbonyl (C=O) groups excluding carboxylic acids is 1. The summed E-state index contributed by atoms with van der Waals surface area (Å²) < 4.78 is 2.19. The number of aromatic nitrogens is 1. The highest BCUT2D eigenvalue weighted by Gasteiger charge is 2.33. The molecule has 2 amide bonds. The zero-order valence-corrected chi connectivity index (χ0v) is 18.8. The zero-order chi connectivity index (χ0) is 22.2. The van der Waals surface area contributed by atoms with Gasteiger partial charge in [-0.3, -0.25) is 0 Å². The lowest BCUT2D eigenvalue weighted by Crippen LogP contribution is -2.38. The van der Waals surface area contributed by atoms with Crippen molar-refractivity contribution in [2.75, 3.05) is 5.32 Å². The van der Waals surface area contributed by atoms with Crippen LogP contribution in [0.15, 0.2) is 85.1 Å². The molecule has 3 aromatic carbocycles. The van der Waals surface area contributed by atoms with Crippen LogP contribution in [0.4, 0.5) is 10.5 Å². The van der Waals surface area contributed by atoms with Gasteiger partial charge >= 0.3 is 6.03 Å². The molecule has 0 saturated heterocycles. The van der Waals surface area contributed by atoms with Crippen LogP contribution in [0.1, 0.15) is 34.0 Å². The van der Waals surface area contributed by atoms with Gasteiger partial charge in [-0.25, -0.2) is 4.79 Å². The minimum absolute atomic E-state index is 0.188. The first-order chi connectivity index (χ1) is 15.5. The molecule has 32 heavy (non-hydrogen) atoms. The second-order valence-corrected chi connectivity index (χ2v) is 8.70. The van der Waals surface area contributed by atoms with Crippen LogP contribution in [0.25, 0.3) is 5.69 Å². The van der Waals surface area contributed by atoms with Gasteiger partial charge in [0, 0.05) is 11.9 Å². The average molecular weight is 442 g/mol. The molecule has 0 aliphatic carbocycles. The molecule has 5 heteroatoms. The van der Waals surface area contributed by atoms with Crippen LogP contribution in [0.3, 0.4) is 0 Å². The second kappa shape index (κ2) is 8.21. The summed E-state index contributed by atoms with van der Waals surface area (Å²) in [6.07, 6.45) is 2.06. The number of aryl methyl sites for hydroxylation is 2. The molecule has 1 aliphatic heterocycles. The highest BCUT2D eigenvalue weighted by Crippen LogP contribution is 2.37. The fraction of sp³-hybridized carbons (Fsp3) is 0.148. The fourth-order valence-corrected chi connectivity index (χ4v) is 4.72. The molecule has 1 N–H and O–H groups in total. The lowest BCUT2D eigenvalue weighted by molar-refractivity contribution is 0.194. The van der Waals surface area contributed by atoms with Crippen molar-refractivity contribution < 1.29 is 4.79 Å². The van der Waals surface area contributed by atoms with E-state index in [0.717, 1.165) is 33.6 Å². The van der Waals surface area contributed by atoms with E-state index in [1.54, 1.807) is 0 Å². The van der Waals surface area contributed by atoms with E-state index >= 15 is 0 Å². The summed E-state index contributed by atoms with van der Waals surface area (Å²) in [4.78, 5) is 15.6. The predicted molar refractivity (Wildman–Crippen MR) is 130 cm³/mol. The number of para-hydroxylation sites is 1. The van der Waals surface area contributed by atoms with Crippen LogP contribution in [-0.4, -0.2) is 15.5 Å². The maximum Gasteiger partial charge on any atom is 0.323 e. The Kier molecular flexibility index (Phi) is 5.24. The molecule has 0 radical (unpaired) electrons. The van der Waals surface area contributed by atoms with E-state index in [0.29, 0.717) is 17.3 Å². The Morgan fingerprint density at radius 1 is 0.938 bits per heavy atom. The van der Waals surface area contributed by atoms with Crippen molar-refractivity contribution in [2.24, 2.45) is 0 Å². The van der Waals surface area contributed by atoms with E-state index < -0.39 is 0 Å². The highest BCUT2D eigenvalue weighted by molar-refractivity contribution is 6.33. The molecule has 4 aromatic rings. The molecule has 4 nitrogen and oxygen atoms in total. The van der Waals surface area contributed by atoms with Gasteiger partial charge in [-0.05, 0) is 60.9 Å². The number of hydrogen-bond donors (Lipinski definition) is 1. The number of carbonyl (C=O) groups is 1. The van der Waals surface area contributed by atoms with Gasteiger partial charge in [-0.2, -0.15) is 0 Å². The van der Waals surface area contributed by atoms with Crippen LogP contribution in [0.5, 0.6) is 0 Å². The Bertz CT molecular complexity index is 1310. The van der Waals surface area contributed by atoms with Gasteiger partial charge in [0.25, 0.3) is 0 Å². The third kappa shape index (κ3) is 3.67. The van der Waals surface area contributed by atoms with Crippen molar-refractivity contribution in [3.63, 3.8) is 0 Å². The topological polar surface area (TPSA) is 37.3 Å². The molecule has 0 fully saturated rings. The zero-order valence-electron chi connectivity index (χ0n) is 18.0. The maximum atomic E-state index is 13.7. The number of nitrogens with one attached hydrogen (secondary N) is 1. The summed E-state index contributed by atoms with van der Waals surface area (Å²) in [6, 6.07) is 25.9. The number of urea groups is 1. The largest absolute Gasteiger partial charge is 0.323 e. The van der Waals surface area contributed by atoms with Crippen LogP contribution in [-0.2, 0) is 6.54 Å². The molecule has 2 heterocycles. The molecule has 1 aliphatic rings. The molecule has 5 rings (SSSR count). The summed E-state index contributed by atoms with van der Waals surface area (Å²) in [7, 11) is 0. The Labute approximate surface area is 193 Å². The second-order valence-electron chi connectivity index (χ2n) is 8.29. The monoisotopic (exact) mass is 441 g/mol. The van der Waals surface area contributed by atoms with Gasteiger partial charge in [0.2, 0.25) is 0 Å². The molecule has 1 aromatic heterocycles. The smallest absolute Gasteiger partial charge is 0.318 e. The maximum absolute atomic E-state index is 13.7.